The number of hydrogen-bond acceptors (Lipinski definition) is 2. The Labute approximate surface area is 239 Å². The summed E-state index contributed by atoms with van der Waals surface area (Å²) in [4.78, 5) is 6.73. The largest absolute Gasteiger partial charge is 0.419 e. The summed E-state index contributed by atoms with van der Waals surface area (Å²) in [7, 11) is 0. The molecule has 0 saturated carbocycles. The van der Waals surface area contributed by atoms with E-state index in [4.69, 9.17) is 13.1 Å². The Morgan fingerprint density at radius 3 is 1.84 bits per heavy atom. The molecule has 0 aromatic heterocycles. The highest BCUT2D eigenvalue weighted by atomic mass is 19.4. The van der Waals surface area contributed by atoms with Crippen LogP contribution in [0.3, 0.4) is 0 Å². The van der Waals surface area contributed by atoms with Crippen molar-refractivity contribution in [3.8, 4) is 45.5 Å². The maximum atomic E-state index is 14.4. The van der Waals surface area contributed by atoms with Gasteiger partial charge in [-0.05, 0) is 93.9 Å². The van der Waals surface area contributed by atoms with Gasteiger partial charge in [-0.25, -0.2) is 32.5 Å². The van der Waals surface area contributed by atoms with E-state index in [-0.39, 0.29) is 61.3 Å². The molecule has 0 unspecified atom stereocenters. The molecule has 0 spiro atoms. The van der Waals surface area contributed by atoms with Gasteiger partial charge in [-0.15, -0.1) is 0 Å². The first kappa shape index (κ1) is 28.6. The molecule has 0 atom stereocenters. The molecule has 4 aromatic rings. The quantitative estimate of drug-likeness (QED) is 0.118. The van der Waals surface area contributed by atoms with Crippen LogP contribution in [0.2, 0.25) is 0 Å². The second-order valence-electron chi connectivity index (χ2n) is 9.44. The van der Waals surface area contributed by atoms with E-state index in [0.29, 0.717) is 12.1 Å². The fourth-order valence-corrected chi connectivity index (χ4v) is 5.07. The Morgan fingerprint density at radius 2 is 1.30 bits per heavy atom. The van der Waals surface area contributed by atoms with E-state index in [0.717, 1.165) is 6.07 Å². The Morgan fingerprint density at radius 1 is 0.721 bits per heavy atom. The third-order valence-electron chi connectivity index (χ3n) is 6.98. The normalized spacial score (nSPS) is 12.8. The lowest BCUT2D eigenvalue weighted by atomic mass is 9.91. The number of aryl methyl sites for hydroxylation is 1. The zero-order valence-corrected chi connectivity index (χ0v) is 21.6. The summed E-state index contributed by atoms with van der Waals surface area (Å²) in [6, 6.07) is 11.8. The summed E-state index contributed by atoms with van der Waals surface area (Å²) >= 11 is 0. The van der Waals surface area contributed by atoms with E-state index in [1.165, 1.54) is 37.3 Å². The van der Waals surface area contributed by atoms with E-state index < -0.39 is 46.3 Å². The lowest BCUT2D eigenvalue weighted by Crippen LogP contribution is -2.10. The minimum atomic E-state index is -5.25. The van der Waals surface area contributed by atoms with Crippen LogP contribution in [-0.2, 0) is 6.18 Å². The number of nitrogens with zero attached hydrogens (tertiary/aromatic N) is 4. The molecule has 0 amide bonds. The first-order valence-electron chi connectivity index (χ1n) is 12.0. The van der Waals surface area contributed by atoms with Crippen molar-refractivity contribution >= 4 is 11.3 Å². The number of alkyl halides is 3. The summed E-state index contributed by atoms with van der Waals surface area (Å²) < 4.78 is 97.3. The van der Waals surface area contributed by atoms with Crippen molar-refractivity contribution in [1.82, 2.24) is 0 Å². The number of rotatable bonds is 2. The zero-order valence-electron chi connectivity index (χ0n) is 21.6. The number of nitriles is 2. The molecule has 0 saturated heterocycles. The first-order chi connectivity index (χ1) is 20.3. The van der Waals surface area contributed by atoms with Crippen LogP contribution >= 0.6 is 0 Å². The van der Waals surface area contributed by atoms with Crippen molar-refractivity contribution in [2.45, 2.75) is 13.1 Å². The van der Waals surface area contributed by atoms with Gasteiger partial charge >= 0.3 is 6.18 Å². The standard InChI is InChI=1S/C32H11F7N4/c1-14-4-15(7-25(33)30(14)35)19-10-21-20-9-18(16-6-24(32(37,38)39)31(36)26(34)8-16)17(12-40)5-22(20)29(28(13-41)43-3)23(21)11-27(19)42-2/h4-11H,1H3/b29-28-. The molecule has 43 heavy (non-hydrogen) atoms. The van der Waals surface area contributed by atoms with E-state index in [2.05, 4.69) is 9.69 Å². The molecule has 0 fully saturated rings. The highest BCUT2D eigenvalue weighted by molar-refractivity contribution is 6.07. The fraction of sp³-hybridized carbons (Fsp3) is 0.0625. The highest BCUT2D eigenvalue weighted by Crippen LogP contribution is 2.52. The van der Waals surface area contributed by atoms with Crippen LogP contribution in [-0.4, -0.2) is 0 Å². The Hall–Kier alpha value is -5.91. The topological polar surface area (TPSA) is 56.3 Å². The summed E-state index contributed by atoms with van der Waals surface area (Å²) in [5.41, 5.74) is -2.28. The van der Waals surface area contributed by atoms with Gasteiger partial charge in [0.2, 0.25) is 0 Å². The van der Waals surface area contributed by atoms with Crippen molar-refractivity contribution < 1.29 is 30.7 Å². The molecule has 0 bridgehead atoms. The van der Waals surface area contributed by atoms with Crippen molar-refractivity contribution in [3.63, 3.8) is 0 Å². The van der Waals surface area contributed by atoms with E-state index in [1.54, 1.807) is 6.07 Å². The summed E-state index contributed by atoms with van der Waals surface area (Å²) in [5.74, 6) is -6.17. The van der Waals surface area contributed by atoms with E-state index in [1.807, 2.05) is 6.07 Å². The van der Waals surface area contributed by atoms with Crippen LogP contribution in [0.5, 0.6) is 0 Å². The van der Waals surface area contributed by atoms with Gasteiger partial charge in [0.1, 0.15) is 0 Å². The molecule has 4 aromatic carbocycles. The molecule has 0 aliphatic heterocycles. The number of hydrogen-bond donors (Lipinski definition) is 0. The number of benzene rings is 4. The van der Waals surface area contributed by atoms with Gasteiger partial charge in [-0.3, -0.25) is 0 Å². The van der Waals surface area contributed by atoms with Crippen molar-refractivity contribution in [2.24, 2.45) is 0 Å². The van der Waals surface area contributed by atoms with Crippen LogP contribution in [0.1, 0.15) is 27.8 Å². The Bertz CT molecular complexity index is 2080. The molecular formula is C32H11F7N4. The van der Waals surface area contributed by atoms with Crippen LogP contribution in [0.4, 0.5) is 36.4 Å². The minimum Gasteiger partial charge on any atom is -0.237 e. The van der Waals surface area contributed by atoms with Crippen LogP contribution < -0.4 is 0 Å². The molecule has 4 nitrogen and oxygen atoms in total. The third kappa shape index (κ3) is 4.54. The van der Waals surface area contributed by atoms with Gasteiger partial charge in [0.05, 0.1) is 36.4 Å². The average Bonchev–Trinajstić information content (AvgIpc) is 3.27. The molecular weight excluding hydrogens is 573 g/mol. The fourth-order valence-electron chi connectivity index (χ4n) is 5.07. The van der Waals surface area contributed by atoms with Crippen molar-refractivity contribution in [2.75, 3.05) is 0 Å². The molecule has 0 heterocycles. The maximum Gasteiger partial charge on any atom is 0.419 e. The monoisotopic (exact) mass is 584 g/mol. The third-order valence-corrected chi connectivity index (χ3v) is 6.98. The van der Waals surface area contributed by atoms with Crippen LogP contribution in [0, 0.1) is 66.0 Å². The number of halogens is 7. The van der Waals surface area contributed by atoms with Gasteiger partial charge < -0.3 is 0 Å². The minimum absolute atomic E-state index is 0.0322. The molecule has 11 heteroatoms. The van der Waals surface area contributed by atoms with E-state index >= 15 is 0 Å². The lowest BCUT2D eigenvalue weighted by Gasteiger charge is -2.14. The van der Waals surface area contributed by atoms with Gasteiger partial charge in [0.15, 0.2) is 29.0 Å². The summed E-state index contributed by atoms with van der Waals surface area (Å²) in [6.45, 7) is 16.5. The Balaban J connectivity index is 1.89. The van der Waals surface area contributed by atoms with E-state index in [9.17, 15) is 41.3 Å². The summed E-state index contributed by atoms with van der Waals surface area (Å²) in [6.07, 6.45) is -5.25. The molecule has 208 valence electrons. The highest BCUT2D eigenvalue weighted by Gasteiger charge is 2.37. The second kappa shape index (κ2) is 10.2. The molecule has 1 aliphatic rings. The predicted molar refractivity (Wildman–Crippen MR) is 142 cm³/mol. The first-order valence-corrected chi connectivity index (χ1v) is 12.0. The van der Waals surface area contributed by atoms with Gasteiger partial charge in [-0.1, -0.05) is 6.07 Å². The zero-order chi connectivity index (χ0) is 31.4. The smallest absolute Gasteiger partial charge is 0.237 e. The van der Waals surface area contributed by atoms with Crippen molar-refractivity contribution in [3.05, 3.63) is 128 Å². The van der Waals surface area contributed by atoms with Crippen molar-refractivity contribution in [1.29, 1.82) is 10.5 Å². The SMILES string of the molecule is [C-]#[N+]/C(C#N)=C1/c2cc(C#N)c(-c3cc(F)c(F)c(C(F)(F)F)c3)cc2-c2cc(-c3cc(C)c(F)c(F)c3)c([N+]#[C-])cc21. The van der Waals surface area contributed by atoms with Gasteiger partial charge in [0, 0.05) is 11.1 Å². The maximum absolute atomic E-state index is 14.4. The molecule has 0 radical (unpaired) electrons. The van der Waals surface area contributed by atoms with Crippen LogP contribution in [0.25, 0.3) is 48.6 Å². The lowest BCUT2D eigenvalue weighted by molar-refractivity contribution is -0.140. The number of allylic oxidation sites excluding steroid dienone is 1. The number of fused-ring (bicyclic) bond motifs is 3. The van der Waals surface area contributed by atoms with Gasteiger partial charge in [0.25, 0.3) is 5.70 Å². The average molecular weight is 584 g/mol. The molecule has 5 rings (SSSR count). The van der Waals surface area contributed by atoms with Gasteiger partial charge in [-0.2, -0.15) is 18.4 Å². The molecule has 1 aliphatic carbocycles. The second-order valence-corrected chi connectivity index (χ2v) is 9.44. The van der Waals surface area contributed by atoms with Crippen LogP contribution in [0.15, 0.2) is 54.2 Å². The summed E-state index contributed by atoms with van der Waals surface area (Å²) in [5, 5.41) is 19.6. The molecule has 0 N–H and O–H groups in total. The Kier molecular flexibility index (Phi) is 6.77. The predicted octanol–water partition coefficient (Wildman–Crippen LogP) is 9.51.